The first-order valence-corrected chi connectivity index (χ1v) is 5.32. The lowest BCUT2D eigenvalue weighted by Crippen LogP contribution is -2.45. The summed E-state index contributed by atoms with van der Waals surface area (Å²) in [6.45, 7) is 10.7. The predicted octanol–water partition coefficient (Wildman–Crippen LogP) is 1.62. The Morgan fingerprint density at radius 1 is 1.36 bits per heavy atom. The molecule has 14 heavy (non-hydrogen) atoms. The standard InChI is InChI=1S/C12H24N2/c1-6-7-8-9-14-11(2)12(3,4)10-13-5/h11,13-14H,8-10H2,1-5H3. The van der Waals surface area contributed by atoms with Crippen molar-refractivity contribution >= 4 is 0 Å². The van der Waals surface area contributed by atoms with Crippen LogP contribution >= 0.6 is 0 Å². The lowest BCUT2D eigenvalue weighted by atomic mass is 9.85. The van der Waals surface area contributed by atoms with Crippen molar-refractivity contribution in [3.8, 4) is 11.8 Å². The van der Waals surface area contributed by atoms with Gasteiger partial charge in [0, 0.05) is 25.6 Å². The Bertz CT molecular complexity index is 198. The molecule has 0 aromatic heterocycles. The van der Waals surface area contributed by atoms with Gasteiger partial charge in [-0.05, 0) is 26.3 Å². The van der Waals surface area contributed by atoms with Gasteiger partial charge in [0.05, 0.1) is 0 Å². The molecule has 0 aliphatic carbocycles. The molecule has 0 bridgehead atoms. The first-order valence-electron chi connectivity index (χ1n) is 5.32. The number of hydrogen-bond acceptors (Lipinski definition) is 2. The van der Waals surface area contributed by atoms with Gasteiger partial charge in [0.1, 0.15) is 0 Å². The molecule has 2 N–H and O–H groups in total. The van der Waals surface area contributed by atoms with Crippen LogP contribution in [-0.2, 0) is 0 Å². The molecule has 0 fully saturated rings. The summed E-state index contributed by atoms with van der Waals surface area (Å²) in [5, 5.41) is 6.72. The van der Waals surface area contributed by atoms with Crippen LogP contribution in [0.2, 0.25) is 0 Å². The Hall–Kier alpha value is -0.520. The first-order chi connectivity index (χ1) is 6.54. The summed E-state index contributed by atoms with van der Waals surface area (Å²) < 4.78 is 0. The van der Waals surface area contributed by atoms with Crippen LogP contribution in [0.25, 0.3) is 0 Å². The zero-order chi connectivity index (χ0) is 11.0. The van der Waals surface area contributed by atoms with Crippen LogP contribution in [0.5, 0.6) is 0 Å². The third-order valence-electron chi connectivity index (χ3n) is 2.68. The second-order valence-electron chi connectivity index (χ2n) is 4.37. The van der Waals surface area contributed by atoms with E-state index in [2.05, 4.69) is 43.2 Å². The fourth-order valence-corrected chi connectivity index (χ4v) is 1.36. The fraction of sp³-hybridized carbons (Fsp3) is 0.833. The van der Waals surface area contributed by atoms with Gasteiger partial charge >= 0.3 is 0 Å². The SMILES string of the molecule is CC#CCCNC(C)C(C)(C)CNC. The normalized spacial score (nSPS) is 13.2. The Balaban J connectivity index is 3.79. The Morgan fingerprint density at radius 2 is 2.00 bits per heavy atom. The summed E-state index contributed by atoms with van der Waals surface area (Å²) in [5.41, 5.74) is 0.286. The highest BCUT2D eigenvalue weighted by Gasteiger charge is 2.23. The highest BCUT2D eigenvalue weighted by atomic mass is 14.9. The molecule has 0 spiro atoms. The van der Waals surface area contributed by atoms with E-state index in [-0.39, 0.29) is 5.41 Å². The van der Waals surface area contributed by atoms with Crippen LogP contribution in [0.1, 0.15) is 34.1 Å². The lowest BCUT2D eigenvalue weighted by molar-refractivity contribution is 0.253. The molecule has 0 aromatic carbocycles. The third kappa shape index (κ3) is 5.26. The van der Waals surface area contributed by atoms with E-state index in [1.807, 2.05) is 14.0 Å². The van der Waals surface area contributed by atoms with Crippen molar-refractivity contribution in [1.82, 2.24) is 10.6 Å². The van der Waals surface area contributed by atoms with Crippen LogP contribution in [-0.4, -0.2) is 26.2 Å². The predicted molar refractivity (Wildman–Crippen MR) is 63.2 cm³/mol. The maximum Gasteiger partial charge on any atom is 0.0214 e. The molecule has 1 unspecified atom stereocenters. The minimum atomic E-state index is 0.286. The second kappa shape index (κ2) is 6.86. The van der Waals surface area contributed by atoms with Gasteiger partial charge in [-0.25, -0.2) is 0 Å². The van der Waals surface area contributed by atoms with Gasteiger partial charge in [0.2, 0.25) is 0 Å². The average molecular weight is 196 g/mol. The molecule has 0 aromatic rings. The molecule has 0 radical (unpaired) electrons. The Labute approximate surface area is 88.9 Å². The van der Waals surface area contributed by atoms with Gasteiger partial charge in [0.25, 0.3) is 0 Å². The van der Waals surface area contributed by atoms with Crippen molar-refractivity contribution in [2.75, 3.05) is 20.1 Å². The second-order valence-corrected chi connectivity index (χ2v) is 4.37. The molecule has 1 atom stereocenters. The molecule has 2 nitrogen and oxygen atoms in total. The van der Waals surface area contributed by atoms with E-state index >= 15 is 0 Å². The summed E-state index contributed by atoms with van der Waals surface area (Å²) in [6.07, 6.45) is 0.941. The van der Waals surface area contributed by atoms with Crippen LogP contribution in [0, 0.1) is 17.3 Å². The summed E-state index contributed by atoms with van der Waals surface area (Å²) in [7, 11) is 2.00. The van der Waals surface area contributed by atoms with E-state index in [1.165, 1.54) is 0 Å². The highest BCUT2D eigenvalue weighted by Crippen LogP contribution is 2.18. The molecule has 0 rings (SSSR count). The molecule has 0 amide bonds. The third-order valence-corrected chi connectivity index (χ3v) is 2.68. The summed E-state index contributed by atoms with van der Waals surface area (Å²) in [6, 6.07) is 0.508. The van der Waals surface area contributed by atoms with E-state index in [0.717, 1.165) is 19.5 Å². The molecule has 0 aliphatic heterocycles. The molecule has 0 saturated heterocycles. The van der Waals surface area contributed by atoms with E-state index in [4.69, 9.17) is 0 Å². The monoisotopic (exact) mass is 196 g/mol. The molecular weight excluding hydrogens is 172 g/mol. The smallest absolute Gasteiger partial charge is 0.0214 e. The van der Waals surface area contributed by atoms with E-state index < -0.39 is 0 Å². The molecule has 0 saturated carbocycles. The number of hydrogen-bond donors (Lipinski definition) is 2. The van der Waals surface area contributed by atoms with E-state index in [0.29, 0.717) is 6.04 Å². The molecule has 0 aliphatic rings. The van der Waals surface area contributed by atoms with E-state index in [1.54, 1.807) is 0 Å². The minimum Gasteiger partial charge on any atom is -0.319 e. The summed E-state index contributed by atoms with van der Waals surface area (Å²) in [5.74, 6) is 5.96. The number of rotatable bonds is 6. The maximum atomic E-state index is 3.50. The lowest BCUT2D eigenvalue weighted by Gasteiger charge is -2.32. The van der Waals surface area contributed by atoms with Crippen molar-refractivity contribution in [3.05, 3.63) is 0 Å². The zero-order valence-corrected chi connectivity index (χ0v) is 10.2. The average Bonchev–Trinajstić information content (AvgIpc) is 2.12. The zero-order valence-electron chi connectivity index (χ0n) is 10.2. The maximum absolute atomic E-state index is 3.50. The Kier molecular flexibility index (Phi) is 6.61. The van der Waals surface area contributed by atoms with Crippen molar-refractivity contribution in [1.29, 1.82) is 0 Å². The van der Waals surface area contributed by atoms with Crippen LogP contribution in [0.3, 0.4) is 0 Å². The van der Waals surface area contributed by atoms with Crippen molar-refractivity contribution in [2.24, 2.45) is 5.41 Å². The Morgan fingerprint density at radius 3 is 2.50 bits per heavy atom. The van der Waals surface area contributed by atoms with Gasteiger partial charge in [0.15, 0.2) is 0 Å². The van der Waals surface area contributed by atoms with Crippen LogP contribution < -0.4 is 10.6 Å². The topological polar surface area (TPSA) is 24.1 Å². The van der Waals surface area contributed by atoms with Gasteiger partial charge in [-0.1, -0.05) is 13.8 Å². The first kappa shape index (κ1) is 13.5. The van der Waals surface area contributed by atoms with Crippen LogP contribution in [0.15, 0.2) is 0 Å². The fourth-order valence-electron chi connectivity index (χ4n) is 1.36. The quantitative estimate of drug-likeness (QED) is 0.498. The molecule has 0 heterocycles. The van der Waals surface area contributed by atoms with Crippen molar-refractivity contribution < 1.29 is 0 Å². The van der Waals surface area contributed by atoms with Gasteiger partial charge < -0.3 is 10.6 Å². The minimum absolute atomic E-state index is 0.286. The van der Waals surface area contributed by atoms with Gasteiger partial charge in [-0.3, -0.25) is 0 Å². The molecule has 2 heteroatoms. The molecule has 82 valence electrons. The number of nitrogens with one attached hydrogen (secondary N) is 2. The largest absolute Gasteiger partial charge is 0.319 e. The van der Waals surface area contributed by atoms with Crippen LogP contribution in [0.4, 0.5) is 0 Å². The van der Waals surface area contributed by atoms with Crippen molar-refractivity contribution in [3.63, 3.8) is 0 Å². The summed E-state index contributed by atoms with van der Waals surface area (Å²) >= 11 is 0. The van der Waals surface area contributed by atoms with Gasteiger partial charge in [-0.2, -0.15) is 0 Å². The highest BCUT2D eigenvalue weighted by molar-refractivity contribution is 4.95. The molecular formula is C12H24N2. The van der Waals surface area contributed by atoms with E-state index in [9.17, 15) is 0 Å². The van der Waals surface area contributed by atoms with Gasteiger partial charge in [-0.15, -0.1) is 11.8 Å². The summed E-state index contributed by atoms with van der Waals surface area (Å²) in [4.78, 5) is 0. The van der Waals surface area contributed by atoms with Crippen molar-refractivity contribution in [2.45, 2.75) is 40.2 Å².